The predicted molar refractivity (Wildman–Crippen MR) is 89.0 cm³/mol. The van der Waals surface area contributed by atoms with E-state index in [4.69, 9.17) is 11.6 Å². The third kappa shape index (κ3) is 5.54. The molecule has 0 bridgehead atoms. The van der Waals surface area contributed by atoms with Crippen molar-refractivity contribution in [2.24, 2.45) is 5.92 Å². The summed E-state index contributed by atoms with van der Waals surface area (Å²) < 4.78 is 0. The van der Waals surface area contributed by atoms with Crippen LogP contribution in [0, 0.1) is 5.92 Å². The molecule has 1 amide bonds. The summed E-state index contributed by atoms with van der Waals surface area (Å²) in [6.07, 6.45) is 1.96. The Kier molecular flexibility index (Phi) is 6.96. The third-order valence-corrected chi connectivity index (χ3v) is 3.58. The number of carbonyl (C=O) groups excluding carboxylic acids is 1. The van der Waals surface area contributed by atoms with Crippen molar-refractivity contribution in [1.82, 2.24) is 9.88 Å². The van der Waals surface area contributed by atoms with Crippen LogP contribution in [0.5, 0.6) is 0 Å². The number of anilines is 1. The van der Waals surface area contributed by atoms with Gasteiger partial charge in [-0.2, -0.15) is 0 Å². The van der Waals surface area contributed by atoms with Crippen LogP contribution in [-0.2, 0) is 0 Å². The van der Waals surface area contributed by atoms with Gasteiger partial charge in [0.1, 0.15) is 11.0 Å². The SMILES string of the molecule is CCCNc1cc(C(=O)N(C)C(C)CC(C)C)cc(Cl)n1. The van der Waals surface area contributed by atoms with Gasteiger partial charge < -0.3 is 10.2 Å². The molecule has 1 unspecified atom stereocenters. The summed E-state index contributed by atoms with van der Waals surface area (Å²) in [6.45, 7) is 9.26. The molecule has 21 heavy (non-hydrogen) atoms. The first kappa shape index (κ1) is 17.8. The van der Waals surface area contributed by atoms with Crippen LogP contribution in [0.2, 0.25) is 5.15 Å². The van der Waals surface area contributed by atoms with Crippen molar-refractivity contribution < 1.29 is 4.79 Å². The van der Waals surface area contributed by atoms with Crippen LogP contribution in [0.1, 0.15) is 50.9 Å². The maximum absolute atomic E-state index is 12.6. The van der Waals surface area contributed by atoms with Crippen molar-refractivity contribution in [3.05, 3.63) is 22.8 Å². The van der Waals surface area contributed by atoms with Crippen molar-refractivity contribution in [3.63, 3.8) is 0 Å². The number of rotatable bonds is 7. The molecule has 0 saturated heterocycles. The second-order valence-electron chi connectivity index (χ2n) is 5.89. The first-order valence-electron chi connectivity index (χ1n) is 7.53. The molecule has 0 spiro atoms. The van der Waals surface area contributed by atoms with E-state index >= 15 is 0 Å². The standard InChI is InChI=1S/C16H26ClN3O/c1-6-7-18-15-10-13(9-14(17)19-15)16(21)20(5)12(4)8-11(2)3/h9-12H,6-8H2,1-5H3,(H,18,19). The normalized spacial score (nSPS) is 12.3. The second-order valence-corrected chi connectivity index (χ2v) is 6.27. The molecular formula is C16H26ClN3O. The molecule has 1 rings (SSSR count). The highest BCUT2D eigenvalue weighted by Crippen LogP contribution is 2.18. The fourth-order valence-electron chi connectivity index (χ4n) is 2.21. The Labute approximate surface area is 132 Å². The lowest BCUT2D eigenvalue weighted by Crippen LogP contribution is -2.36. The van der Waals surface area contributed by atoms with Gasteiger partial charge in [-0.3, -0.25) is 4.79 Å². The van der Waals surface area contributed by atoms with Crippen LogP contribution in [-0.4, -0.2) is 35.4 Å². The highest BCUT2D eigenvalue weighted by molar-refractivity contribution is 6.29. The van der Waals surface area contributed by atoms with Crippen LogP contribution in [0.15, 0.2) is 12.1 Å². The molecule has 0 aliphatic carbocycles. The lowest BCUT2D eigenvalue weighted by atomic mass is 10.0. The maximum Gasteiger partial charge on any atom is 0.254 e. The fourth-order valence-corrected chi connectivity index (χ4v) is 2.42. The van der Waals surface area contributed by atoms with Gasteiger partial charge in [-0.15, -0.1) is 0 Å². The van der Waals surface area contributed by atoms with E-state index in [1.54, 1.807) is 17.0 Å². The Hall–Kier alpha value is -1.29. The first-order chi connectivity index (χ1) is 9.85. The zero-order chi connectivity index (χ0) is 16.0. The molecule has 5 heteroatoms. The molecule has 0 aliphatic heterocycles. The number of hydrogen-bond donors (Lipinski definition) is 1. The average molecular weight is 312 g/mol. The molecule has 1 aromatic rings. The molecule has 118 valence electrons. The van der Waals surface area contributed by atoms with Crippen LogP contribution in [0.25, 0.3) is 0 Å². The summed E-state index contributed by atoms with van der Waals surface area (Å²) in [5, 5.41) is 3.50. The first-order valence-corrected chi connectivity index (χ1v) is 7.91. The molecule has 1 heterocycles. The van der Waals surface area contributed by atoms with E-state index in [9.17, 15) is 4.79 Å². The average Bonchev–Trinajstić information content (AvgIpc) is 2.42. The number of nitrogens with zero attached hydrogens (tertiary/aromatic N) is 2. The van der Waals surface area contributed by atoms with Crippen LogP contribution in [0.3, 0.4) is 0 Å². The predicted octanol–water partition coefficient (Wildman–Crippen LogP) is 4.06. The Morgan fingerprint density at radius 3 is 2.62 bits per heavy atom. The number of hydrogen-bond acceptors (Lipinski definition) is 3. The number of halogens is 1. The lowest BCUT2D eigenvalue weighted by molar-refractivity contribution is 0.0728. The Morgan fingerprint density at radius 1 is 1.38 bits per heavy atom. The summed E-state index contributed by atoms with van der Waals surface area (Å²) in [5.41, 5.74) is 0.576. The fraction of sp³-hybridized carbons (Fsp3) is 0.625. The maximum atomic E-state index is 12.6. The summed E-state index contributed by atoms with van der Waals surface area (Å²) in [5.74, 6) is 1.18. The lowest BCUT2D eigenvalue weighted by Gasteiger charge is -2.26. The molecule has 0 aromatic carbocycles. The van der Waals surface area contributed by atoms with E-state index in [1.807, 2.05) is 7.05 Å². The summed E-state index contributed by atoms with van der Waals surface area (Å²) in [7, 11) is 1.84. The van der Waals surface area contributed by atoms with Gasteiger partial charge in [0, 0.05) is 25.2 Å². The zero-order valence-corrected chi connectivity index (χ0v) is 14.4. The Morgan fingerprint density at radius 2 is 2.05 bits per heavy atom. The van der Waals surface area contributed by atoms with Crippen molar-refractivity contribution in [3.8, 4) is 0 Å². The molecule has 1 aromatic heterocycles. The van der Waals surface area contributed by atoms with E-state index in [1.165, 1.54) is 0 Å². The van der Waals surface area contributed by atoms with Crippen molar-refractivity contribution in [1.29, 1.82) is 0 Å². The third-order valence-electron chi connectivity index (χ3n) is 3.39. The monoisotopic (exact) mass is 311 g/mol. The molecule has 0 aliphatic rings. The van der Waals surface area contributed by atoms with Crippen molar-refractivity contribution in [2.75, 3.05) is 18.9 Å². The van der Waals surface area contributed by atoms with E-state index in [2.05, 4.69) is 38.0 Å². The molecular weight excluding hydrogens is 286 g/mol. The highest BCUT2D eigenvalue weighted by atomic mass is 35.5. The van der Waals surface area contributed by atoms with Crippen molar-refractivity contribution >= 4 is 23.3 Å². The minimum Gasteiger partial charge on any atom is -0.370 e. The number of carbonyl (C=O) groups is 1. The minimum absolute atomic E-state index is 0.0213. The molecule has 1 atom stereocenters. The van der Waals surface area contributed by atoms with E-state index in [-0.39, 0.29) is 11.9 Å². The van der Waals surface area contributed by atoms with E-state index in [0.29, 0.717) is 22.5 Å². The quantitative estimate of drug-likeness (QED) is 0.772. The Balaban J connectivity index is 2.88. The molecule has 0 fully saturated rings. The molecule has 0 saturated carbocycles. The van der Waals surface area contributed by atoms with Crippen LogP contribution in [0.4, 0.5) is 5.82 Å². The smallest absolute Gasteiger partial charge is 0.254 e. The zero-order valence-electron chi connectivity index (χ0n) is 13.6. The van der Waals surface area contributed by atoms with E-state index < -0.39 is 0 Å². The van der Waals surface area contributed by atoms with Crippen LogP contribution < -0.4 is 5.32 Å². The van der Waals surface area contributed by atoms with E-state index in [0.717, 1.165) is 19.4 Å². The summed E-state index contributed by atoms with van der Waals surface area (Å²) in [4.78, 5) is 18.5. The van der Waals surface area contributed by atoms with Crippen LogP contribution >= 0.6 is 11.6 Å². The Bertz CT molecular complexity index is 477. The molecule has 0 radical (unpaired) electrons. The van der Waals surface area contributed by atoms with Gasteiger partial charge in [-0.05, 0) is 37.8 Å². The van der Waals surface area contributed by atoms with Crippen molar-refractivity contribution in [2.45, 2.75) is 46.6 Å². The van der Waals surface area contributed by atoms with Gasteiger partial charge in [0.2, 0.25) is 0 Å². The van der Waals surface area contributed by atoms with Gasteiger partial charge in [0.05, 0.1) is 0 Å². The topological polar surface area (TPSA) is 45.2 Å². The largest absolute Gasteiger partial charge is 0.370 e. The number of amides is 1. The van der Waals surface area contributed by atoms with Gasteiger partial charge in [-0.1, -0.05) is 32.4 Å². The van der Waals surface area contributed by atoms with Gasteiger partial charge >= 0.3 is 0 Å². The summed E-state index contributed by atoms with van der Waals surface area (Å²) >= 11 is 6.02. The number of pyridine rings is 1. The summed E-state index contributed by atoms with van der Waals surface area (Å²) in [6, 6.07) is 3.58. The van der Waals surface area contributed by atoms with Gasteiger partial charge in [-0.25, -0.2) is 4.98 Å². The molecule has 4 nitrogen and oxygen atoms in total. The molecule has 1 N–H and O–H groups in total. The van der Waals surface area contributed by atoms with Gasteiger partial charge in [0.15, 0.2) is 0 Å². The second kappa shape index (κ2) is 8.23. The van der Waals surface area contributed by atoms with Gasteiger partial charge in [0.25, 0.3) is 5.91 Å². The number of aromatic nitrogens is 1. The minimum atomic E-state index is -0.0213. The number of nitrogens with one attached hydrogen (secondary N) is 1. The highest BCUT2D eigenvalue weighted by Gasteiger charge is 2.19.